The number of hydrogen-bond acceptors (Lipinski definition) is 4. The highest BCUT2D eigenvalue weighted by Crippen LogP contribution is 2.21. The average Bonchev–Trinajstić information content (AvgIpc) is 2.53. The van der Waals surface area contributed by atoms with Crippen molar-refractivity contribution >= 4 is 23.4 Å². The van der Waals surface area contributed by atoms with Crippen LogP contribution in [0.4, 0.5) is 0 Å². The van der Waals surface area contributed by atoms with Gasteiger partial charge in [0.05, 0.1) is 5.56 Å². The molecular formula is C16H16ClN3O3. The molecule has 23 heavy (non-hydrogen) atoms. The molecule has 0 aliphatic carbocycles. The number of pyridine rings is 1. The van der Waals surface area contributed by atoms with Crippen molar-refractivity contribution in [3.05, 3.63) is 58.4 Å². The lowest BCUT2D eigenvalue weighted by Gasteiger charge is -2.12. The van der Waals surface area contributed by atoms with E-state index in [-0.39, 0.29) is 17.3 Å². The molecule has 1 heterocycles. The third-order valence-electron chi connectivity index (χ3n) is 3.06. The van der Waals surface area contributed by atoms with E-state index in [1.165, 1.54) is 18.3 Å². The van der Waals surface area contributed by atoms with E-state index in [9.17, 15) is 9.59 Å². The normalized spacial score (nSPS) is 10.0. The van der Waals surface area contributed by atoms with Crippen LogP contribution in [0.15, 0.2) is 36.5 Å². The Balaban J connectivity index is 1.83. The molecule has 2 amide bonds. The smallest absolute Gasteiger partial charge is 0.276 e. The van der Waals surface area contributed by atoms with Crippen LogP contribution in [-0.4, -0.2) is 23.4 Å². The van der Waals surface area contributed by atoms with Crippen LogP contribution in [0, 0.1) is 13.8 Å². The van der Waals surface area contributed by atoms with Crippen molar-refractivity contribution in [3.63, 3.8) is 0 Å². The molecule has 0 fully saturated rings. The summed E-state index contributed by atoms with van der Waals surface area (Å²) in [4.78, 5) is 27.3. The minimum atomic E-state index is -0.491. The van der Waals surface area contributed by atoms with Gasteiger partial charge in [0.25, 0.3) is 11.8 Å². The van der Waals surface area contributed by atoms with Gasteiger partial charge in [0, 0.05) is 6.20 Å². The van der Waals surface area contributed by atoms with Crippen molar-refractivity contribution in [1.29, 1.82) is 0 Å². The molecule has 2 N–H and O–H groups in total. The molecule has 0 saturated heterocycles. The molecule has 120 valence electrons. The van der Waals surface area contributed by atoms with Crippen molar-refractivity contribution in [2.24, 2.45) is 0 Å². The first-order chi connectivity index (χ1) is 11.0. The number of rotatable bonds is 4. The van der Waals surface area contributed by atoms with Gasteiger partial charge in [-0.3, -0.25) is 20.4 Å². The zero-order valence-corrected chi connectivity index (χ0v) is 13.5. The molecule has 1 aromatic carbocycles. The summed E-state index contributed by atoms with van der Waals surface area (Å²) in [5.41, 5.74) is 6.72. The van der Waals surface area contributed by atoms with Crippen LogP contribution in [0.25, 0.3) is 0 Å². The summed E-state index contributed by atoms with van der Waals surface area (Å²) in [7, 11) is 0. The number of carbonyl (C=O) groups excluding carboxylic acids is 2. The fourth-order valence-electron chi connectivity index (χ4n) is 1.91. The minimum Gasteiger partial charge on any atom is -0.483 e. The second-order valence-corrected chi connectivity index (χ2v) is 5.27. The maximum atomic E-state index is 11.8. The van der Waals surface area contributed by atoms with Gasteiger partial charge >= 0.3 is 0 Å². The largest absolute Gasteiger partial charge is 0.483 e. The Morgan fingerprint density at radius 1 is 1.13 bits per heavy atom. The van der Waals surface area contributed by atoms with Gasteiger partial charge in [-0.25, -0.2) is 4.98 Å². The monoisotopic (exact) mass is 333 g/mol. The standard InChI is InChI=1S/C16H16ClN3O3/c1-10-4-3-5-11(2)15(10)23-9-14(21)19-20-16(22)12-6-7-13(17)18-8-12/h3-8H,9H2,1-2H3,(H,19,21)(H,20,22). The quantitative estimate of drug-likeness (QED) is 0.664. The van der Waals surface area contributed by atoms with Crippen LogP contribution in [0.5, 0.6) is 5.75 Å². The fourth-order valence-corrected chi connectivity index (χ4v) is 2.02. The Labute approximate surface area is 138 Å². The summed E-state index contributed by atoms with van der Waals surface area (Å²) in [6, 6.07) is 8.70. The summed E-state index contributed by atoms with van der Waals surface area (Å²) >= 11 is 5.64. The van der Waals surface area contributed by atoms with Crippen LogP contribution in [0.3, 0.4) is 0 Å². The summed E-state index contributed by atoms with van der Waals surface area (Å²) < 4.78 is 5.49. The number of ether oxygens (including phenoxy) is 1. The van der Waals surface area contributed by atoms with Gasteiger partial charge in [-0.1, -0.05) is 29.8 Å². The van der Waals surface area contributed by atoms with Crippen LogP contribution >= 0.6 is 11.6 Å². The predicted molar refractivity (Wildman–Crippen MR) is 86.3 cm³/mol. The molecule has 0 bridgehead atoms. The number of amides is 2. The Morgan fingerprint density at radius 2 is 1.83 bits per heavy atom. The Morgan fingerprint density at radius 3 is 2.43 bits per heavy atom. The Hall–Kier alpha value is -2.60. The molecular weight excluding hydrogens is 318 g/mol. The number of nitrogens with zero attached hydrogens (tertiary/aromatic N) is 1. The summed E-state index contributed by atoms with van der Waals surface area (Å²) in [6.45, 7) is 3.59. The van der Waals surface area contributed by atoms with E-state index >= 15 is 0 Å². The highest BCUT2D eigenvalue weighted by Gasteiger charge is 2.10. The molecule has 0 aliphatic heterocycles. The maximum absolute atomic E-state index is 11.8. The second kappa shape index (κ2) is 7.60. The van der Waals surface area contributed by atoms with Crippen LogP contribution < -0.4 is 15.6 Å². The second-order valence-electron chi connectivity index (χ2n) is 4.88. The Bertz CT molecular complexity index is 697. The number of aromatic nitrogens is 1. The summed E-state index contributed by atoms with van der Waals surface area (Å²) in [5.74, 6) is -0.298. The van der Waals surface area contributed by atoms with Gasteiger partial charge in [0.2, 0.25) is 0 Å². The average molecular weight is 334 g/mol. The molecule has 0 saturated carbocycles. The van der Waals surface area contributed by atoms with Gasteiger partial charge in [-0.05, 0) is 37.1 Å². The van der Waals surface area contributed by atoms with E-state index in [0.717, 1.165) is 11.1 Å². The van der Waals surface area contributed by atoms with Crippen molar-refractivity contribution in [2.75, 3.05) is 6.61 Å². The van der Waals surface area contributed by atoms with Crippen LogP contribution in [-0.2, 0) is 4.79 Å². The van der Waals surface area contributed by atoms with Crippen LogP contribution in [0.1, 0.15) is 21.5 Å². The maximum Gasteiger partial charge on any atom is 0.276 e. The lowest BCUT2D eigenvalue weighted by Crippen LogP contribution is -2.43. The first-order valence-electron chi connectivity index (χ1n) is 6.87. The van der Waals surface area contributed by atoms with Gasteiger partial charge in [-0.15, -0.1) is 0 Å². The summed E-state index contributed by atoms with van der Waals surface area (Å²) in [6.07, 6.45) is 1.32. The molecule has 0 atom stereocenters. The van der Waals surface area contributed by atoms with E-state index in [4.69, 9.17) is 16.3 Å². The number of aryl methyl sites for hydroxylation is 2. The molecule has 6 nitrogen and oxygen atoms in total. The number of halogens is 1. The van der Waals surface area contributed by atoms with E-state index in [2.05, 4.69) is 15.8 Å². The van der Waals surface area contributed by atoms with Crippen molar-refractivity contribution in [1.82, 2.24) is 15.8 Å². The summed E-state index contributed by atoms with van der Waals surface area (Å²) in [5, 5.41) is 0.285. The van der Waals surface area contributed by atoms with Crippen molar-refractivity contribution in [2.45, 2.75) is 13.8 Å². The SMILES string of the molecule is Cc1cccc(C)c1OCC(=O)NNC(=O)c1ccc(Cl)nc1. The van der Waals surface area contributed by atoms with Gasteiger partial charge in [0.1, 0.15) is 10.9 Å². The number of carbonyl (C=O) groups is 2. The molecule has 0 unspecified atom stereocenters. The molecule has 0 aliphatic rings. The Kier molecular flexibility index (Phi) is 5.54. The first-order valence-corrected chi connectivity index (χ1v) is 7.25. The molecule has 1 aromatic heterocycles. The molecule has 2 rings (SSSR count). The molecule has 0 spiro atoms. The van der Waals surface area contributed by atoms with E-state index < -0.39 is 11.8 Å². The number of hydrazine groups is 1. The number of hydrogen-bond donors (Lipinski definition) is 2. The number of benzene rings is 1. The molecule has 0 radical (unpaired) electrons. The van der Waals surface area contributed by atoms with Crippen molar-refractivity contribution < 1.29 is 14.3 Å². The zero-order chi connectivity index (χ0) is 16.8. The fraction of sp³-hybridized carbons (Fsp3) is 0.188. The predicted octanol–water partition coefficient (Wildman–Crippen LogP) is 2.19. The van der Waals surface area contributed by atoms with Gasteiger partial charge in [0.15, 0.2) is 6.61 Å². The number of para-hydroxylation sites is 1. The third-order valence-corrected chi connectivity index (χ3v) is 3.28. The highest BCUT2D eigenvalue weighted by atomic mass is 35.5. The topological polar surface area (TPSA) is 80.3 Å². The third kappa shape index (κ3) is 4.69. The van der Waals surface area contributed by atoms with E-state index in [0.29, 0.717) is 5.75 Å². The minimum absolute atomic E-state index is 0.204. The lowest BCUT2D eigenvalue weighted by molar-refractivity contribution is -0.123. The van der Waals surface area contributed by atoms with E-state index in [1.54, 1.807) is 0 Å². The van der Waals surface area contributed by atoms with Gasteiger partial charge in [-0.2, -0.15) is 0 Å². The van der Waals surface area contributed by atoms with E-state index in [1.807, 2.05) is 32.0 Å². The molecule has 2 aromatic rings. The first kappa shape index (κ1) is 16.8. The van der Waals surface area contributed by atoms with Gasteiger partial charge < -0.3 is 4.74 Å². The number of nitrogens with one attached hydrogen (secondary N) is 2. The highest BCUT2D eigenvalue weighted by molar-refractivity contribution is 6.29. The lowest BCUT2D eigenvalue weighted by atomic mass is 10.1. The van der Waals surface area contributed by atoms with Crippen molar-refractivity contribution in [3.8, 4) is 5.75 Å². The molecule has 7 heteroatoms. The zero-order valence-electron chi connectivity index (χ0n) is 12.7. The van der Waals surface area contributed by atoms with Crippen LogP contribution in [0.2, 0.25) is 5.15 Å².